The minimum Gasteiger partial charge on any atom is -0.399 e. The van der Waals surface area contributed by atoms with Crippen molar-refractivity contribution >= 4 is 111 Å². The summed E-state index contributed by atoms with van der Waals surface area (Å²) < 4.78 is 20.9. The number of para-hydroxylation sites is 2. The molecule has 8 heteroatoms. The average Bonchev–Trinajstić information content (AvgIpc) is 1.98. The number of hydrogen-bond acceptors (Lipinski definition) is 2. The van der Waals surface area contributed by atoms with Gasteiger partial charge in [-0.15, -0.1) is 0 Å². The molecule has 0 bridgehead atoms. The van der Waals surface area contributed by atoms with Gasteiger partial charge < -0.3 is 18.4 Å². The van der Waals surface area contributed by atoms with Crippen LogP contribution in [0.2, 0.25) is 0 Å². The quantitative estimate of drug-likeness (QED) is 0.112. The molecule has 0 atom stereocenters. The SMILES string of the molecule is Brc1ccc(-c2ccc(-c3ccc4c5ccccc5n(-c5ccc(-c6ccccc6)cc5)c4c3)cc2)cc1.Brc1ccc(-c2ccc(I)cc2)cc1.C.CC1(C)OB(c2ccc3c4ccccc4n(-c4ccc(-c5ccccc5)cc4)c3c2)OC1(C)C. The largest absolute Gasteiger partial charge is 0.494 e. The maximum Gasteiger partial charge on any atom is 0.494 e. The third kappa shape index (κ3) is 12.3. The van der Waals surface area contributed by atoms with E-state index in [0.717, 1.165) is 25.6 Å². The third-order valence-corrected chi connectivity index (χ3v) is 18.6. The Morgan fingerprint density at radius 1 is 0.310 bits per heavy atom. The number of nitrogens with zero attached hydrogens (tertiary/aromatic N) is 2. The average molecular weight is 1370 g/mol. The van der Waals surface area contributed by atoms with E-state index in [2.05, 4.69) is 376 Å². The van der Waals surface area contributed by atoms with E-state index < -0.39 is 0 Å². The number of fused-ring (bicyclic) bond motifs is 6. The zero-order valence-electron chi connectivity index (χ0n) is 48.1. The van der Waals surface area contributed by atoms with Gasteiger partial charge in [-0.2, -0.15) is 0 Å². The molecule has 0 N–H and O–H groups in total. The Bertz CT molecular complexity index is 4620. The fourth-order valence-corrected chi connectivity index (χ4v) is 12.4. The second-order valence-electron chi connectivity index (χ2n) is 22.7. The number of hydrogen-bond donors (Lipinski definition) is 0. The van der Waals surface area contributed by atoms with Crippen molar-refractivity contribution < 1.29 is 9.31 Å². The van der Waals surface area contributed by atoms with Gasteiger partial charge in [0.25, 0.3) is 0 Å². The number of aromatic nitrogens is 2. The van der Waals surface area contributed by atoms with Gasteiger partial charge in [0.2, 0.25) is 0 Å². The van der Waals surface area contributed by atoms with Gasteiger partial charge in [-0.25, -0.2) is 0 Å². The smallest absolute Gasteiger partial charge is 0.399 e. The second kappa shape index (κ2) is 25.3. The lowest BCUT2D eigenvalue weighted by Gasteiger charge is -2.32. The topological polar surface area (TPSA) is 28.3 Å². The van der Waals surface area contributed by atoms with E-state index in [9.17, 15) is 0 Å². The van der Waals surface area contributed by atoms with Crippen molar-refractivity contribution in [3.05, 3.63) is 304 Å². The summed E-state index contributed by atoms with van der Waals surface area (Å²) in [5, 5.41) is 5.00. The van der Waals surface area contributed by atoms with Gasteiger partial charge in [0.15, 0.2) is 0 Å². The predicted molar refractivity (Wildman–Crippen MR) is 386 cm³/mol. The minimum atomic E-state index is -0.388. The molecule has 12 aromatic carbocycles. The van der Waals surface area contributed by atoms with Crippen molar-refractivity contribution in [1.29, 1.82) is 0 Å². The number of rotatable bonds is 8. The highest BCUT2D eigenvalue weighted by Crippen LogP contribution is 2.40. The van der Waals surface area contributed by atoms with Gasteiger partial charge in [-0.1, -0.05) is 246 Å². The molecule has 14 aromatic rings. The van der Waals surface area contributed by atoms with Crippen molar-refractivity contribution in [2.75, 3.05) is 0 Å². The molecule has 2 aromatic heterocycles. The molecule has 0 aliphatic carbocycles. The van der Waals surface area contributed by atoms with E-state index in [1.165, 1.54) is 103 Å². The first-order valence-corrected chi connectivity index (χ1v) is 31.6. The molecule has 1 aliphatic heterocycles. The summed E-state index contributed by atoms with van der Waals surface area (Å²) in [7, 11) is -0.388. The lowest BCUT2D eigenvalue weighted by Crippen LogP contribution is -2.41. The first kappa shape index (κ1) is 59.3. The van der Waals surface area contributed by atoms with Gasteiger partial charge in [-0.05, 0) is 196 Å². The number of benzene rings is 12. The molecule has 0 spiro atoms. The van der Waals surface area contributed by atoms with E-state index in [4.69, 9.17) is 9.31 Å². The summed E-state index contributed by atoms with van der Waals surface area (Å²) in [6.07, 6.45) is 0. The third-order valence-electron chi connectivity index (χ3n) is 16.8. The molecule has 4 nitrogen and oxygen atoms in total. The van der Waals surface area contributed by atoms with Crippen molar-refractivity contribution in [3.63, 3.8) is 0 Å². The summed E-state index contributed by atoms with van der Waals surface area (Å²) >= 11 is 9.27. The number of halogens is 3. The van der Waals surface area contributed by atoms with Crippen molar-refractivity contribution in [1.82, 2.24) is 9.13 Å². The van der Waals surface area contributed by atoms with E-state index in [1.54, 1.807) is 0 Å². The van der Waals surface area contributed by atoms with Crippen LogP contribution in [0.15, 0.2) is 300 Å². The molecule has 0 saturated carbocycles. The van der Waals surface area contributed by atoms with Crippen LogP contribution in [0.3, 0.4) is 0 Å². The van der Waals surface area contributed by atoms with Gasteiger partial charge >= 0.3 is 7.12 Å². The van der Waals surface area contributed by atoms with Gasteiger partial charge in [0, 0.05) is 45.4 Å². The Balaban J connectivity index is 0.000000139. The maximum atomic E-state index is 6.35. The Morgan fingerprint density at radius 2 is 0.609 bits per heavy atom. The molecule has 87 heavy (non-hydrogen) atoms. The monoisotopic (exact) mass is 1370 g/mol. The highest BCUT2D eigenvalue weighted by atomic mass is 127. The van der Waals surface area contributed by atoms with Gasteiger partial charge in [0.05, 0.1) is 33.3 Å². The molecule has 15 rings (SSSR count). The van der Waals surface area contributed by atoms with Gasteiger partial charge in [0.1, 0.15) is 0 Å². The lowest BCUT2D eigenvalue weighted by molar-refractivity contribution is 0.00578. The summed E-state index contributed by atoms with van der Waals surface area (Å²) in [6.45, 7) is 8.38. The summed E-state index contributed by atoms with van der Waals surface area (Å²) in [6, 6.07) is 104. The fraction of sp³-hybridized carbons (Fsp3) is 0.0886. The van der Waals surface area contributed by atoms with Crippen LogP contribution in [-0.4, -0.2) is 27.5 Å². The molecule has 0 unspecified atom stereocenters. The molecular formula is C79H64BBr2IN2O2. The zero-order chi connectivity index (χ0) is 58.9. The Kier molecular flexibility index (Phi) is 17.2. The molecule has 0 radical (unpaired) electrons. The van der Waals surface area contributed by atoms with Crippen LogP contribution in [0.4, 0.5) is 0 Å². The van der Waals surface area contributed by atoms with E-state index >= 15 is 0 Å². The Hall–Kier alpha value is -8.09. The van der Waals surface area contributed by atoms with Crippen LogP contribution in [0.25, 0.3) is 111 Å². The minimum absolute atomic E-state index is 0. The summed E-state index contributed by atoms with van der Waals surface area (Å²) in [4.78, 5) is 0. The van der Waals surface area contributed by atoms with Crippen LogP contribution in [0.5, 0.6) is 0 Å². The van der Waals surface area contributed by atoms with Crippen LogP contribution < -0.4 is 5.46 Å². The summed E-state index contributed by atoms with van der Waals surface area (Å²) in [5.74, 6) is 0. The molecule has 426 valence electrons. The van der Waals surface area contributed by atoms with Crippen LogP contribution in [0.1, 0.15) is 35.1 Å². The second-order valence-corrected chi connectivity index (χ2v) is 25.8. The molecular weight excluding hydrogens is 1310 g/mol. The first-order chi connectivity index (χ1) is 41.8. The van der Waals surface area contributed by atoms with Crippen LogP contribution in [-0.2, 0) is 9.31 Å². The highest BCUT2D eigenvalue weighted by molar-refractivity contribution is 14.1. The molecule has 3 heterocycles. The standard InChI is InChI=1S/C36H24BrN.C30H28BNO2.C12H8BrI.CH4/c37-31-19-14-27(15-20-31)26-10-12-29(13-11-26)30-18-23-34-33-8-4-5-9-35(33)38(36(34)24-30)32-21-16-28(17-22-32)25-6-2-1-3-7-25;1-29(2)30(3,4)34-31(33-29)23-16-19-26-25-12-8-9-13-27(25)32(28(26)20-23)24-17-14-22(15-18-24)21-10-6-5-7-11-21;13-11-5-1-9(2-6-11)10-3-7-12(14)8-4-10;/h1-24H;5-20H,1-4H3;1-8H;1H4. The molecule has 1 saturated heterocycles. The lowest BCUT2D eigenvalue weighted by atomic mass is 9.79. The van der Waals surface area contributed by atoms with Gasteiger partial charge in [-0.3, -0.25) is 0 Å². The van der Waals surface area contributed by atoms with Crippen molar-refractivity contribution in [2.24, 2.45) is 0 Å². The fourth-order valence-electron chi connectivity index (χ4n) is 11.5. The molecule has 1 aliphatic rings. The maximum absolute atomic E-state index is 6.35. The van der Waals surface area contributed by atoms with E-state index in [1.807, 2.05) is 6.07 Å². The van der Waals surface area contributed by atoms with Crippen LogP contribution >= 0.6 is 54.5 Å². The normalized spacial score (nSPS) is 13.2. The molecule has 1 fully saturated rings. The Morgan fingerprint density at radius 3 is 1.03 bits per heavy atom. The van der Waals surface area contributed by atoms with Crippen LogP contribution in [0, 0.1) is 3.57 Å². The van der Waals surface area contributed by atoms with E-state index in [-0.39, 0.29) is 25.7 Å². The van der Waals surface area contributed by atoms with Crippen molar-refractivity contribution in [2.45, 2.75) is 46.3 Å². The predicted octanol–water partition coefficient (Wildman–Crippen LogP) is 22.7. The van der Waals surface area contributed by atoms with E-state index in [0.29, 0.717) is 0 Å². The highest BCUT2D eigenvalue weighted by Gasteiger charge is 2.51. The zero-order valence-corrected chi connectivity index (χ0v) is 53.5. The Labute approximate surface area is 541 Å². The summed E-state index contributed by atoms with van der Waals surface area (Å²) in [5.41, 5.74) is 19.6. The van der Waals surface area contributed by atoms with Crippen molar-refractivity contribution in [3.8, 4) is 67.0 Å². The first-order valence-electron chi connectivity index (χ1n) is 29.0. The molecule has 0 amide bonds.